The highest BCUT2D eigenvalue weighted by Crippen LogP contribution is 2.44. The molecule has 19 heavy (non-hydrogen) atoms. The summed E-state index contributed by atoms with van der Waals surface area (Å²) < 4.78 is 0. The highest BCUT2D eigenvalue weighted by molar-refractivity contribution is 7.99. The molecule has 0 atom stereocenters. The maximum atomic E-state index is 8.95. The number of nitrogens with one attached hydrogen (secondary N) is 1. The summed E-state index contributed by atoms with van der Waals surface area (Å²) in [5.41, 5.74) is 2.85. The molecule has 0 radical (unpaired) electrons. The van der Waals surface area contributed by atoms with Crippen molar-refractivity contribution in [1.82, 2.24) is 0 Å². The number of anilines is 2. The molecule has 0 unspecified atom stereocenters. The number of hydrogen-bond acceptors (Lipinski definition) is 4. The quantitative estimate of drug-likeness (QED) is 0.720. The number of rotatable bonds is 1. The normalized spacial score (nSPS) is 11.7. The molecule has 3 nitrogen and oxygen atoms in total. The van der Waals surface area contributed by atoms with Crippen LogP contribution in [0.2, 0.25) is 0 Å². The molecule has 0 aromatic heterocycles. The molecule has 1 heterocycles. The van der Waals surface area contributed by atoms with E-state index in [0.717, 1.165) is 26.7 Å². The van der Waals surface area contributed by atoms with Crippen LogP contribution in [0, 0.1) is 22.7 Å². The highest BCUT2D eigenvalue weighted by atomic mass is 32.2. The van der Waals surface area contributed by atoms with Crippen LogP contribution >= 0.6 is 11.8 Å². The third-order valence-corrected chi connectivity index (χ3v) is 4.11. The number of nitrogens with zero attached hydrogens (tertiary/aromatic N) is 2. The first-order valence-corrected chi connectivity index (χ1v) is 6.60. The van der Waals surface area contributed by atoms with Crippen molar-refractivity contribution >= 4 is 23.1 Å². The monoisotopic (exact) mass is 263 g/mol. The summed E-state index contributed by atoms with van der Waals surface area (Å²) in [6.07, 6.45) is 0. The van der Waals surface area contributed by atoms with E-state index in [2.05, 4.69) is 11.4 Å². The van der Waals surface area contributed by atoms with Crippen molar-refractivity contribution in [1.29, 1.82) is 10.5 Å². The molecule has 1 N–H and O–H groups in total. The molecule has 90 valence electrons. The summed E-state index contributed by atoms with van der Waals surface area (Å²) in [4.78, 5) is 2.20. The Kier molecular flexibility index (Phi) is 2.87. The Bertz CT molecular complexity index is 711. The van der Waals surface area contributed by atoms with Crippen molar-refractivity contribution in [2.75, 3.05) is 5.32 Å². The summed E-state index contributed by atoms with van der Waals surface area (Å²) in [5, 5.41) is 21.2. The standard InChI is InChI=1S/C15H9N3S/c16-8-11(9-17)10-5-6-13-15(7-10)19-14-4-2-1-3-12(14)18-13/h1-7,11,18H. The van der Waals surface area contributed by atoms with Crippen LogP contribution in [0.4, 0.5) is 11.4 Å². The lowest BCUT2D eigenvalue weighted by Crippen LogP contribution is -2.01. The van der Waals surface area contributed by atoms with Gasteiger partial charge in [-0.3, -0.25) is 0 Å². The van der Waals surface area contributed by atoms with Crippen LogP contribution in [0.5, 0.6) is 0 Å². The molecule has 2 aromatic carbocycles. The lowest BCUT2D eigenvalue weighted by atomic mass is 10.0. The molecular weight excluding hydrogens is 254 g/mol. The first-order chi connectivity index (χ1) is 9.31. The second-order valence-electron chi connectivity index (χ2n) is 4.17. The van der Waals surface area contributed by atoms with Gasteiger partial charge in [-0.15, -0.1) is 0 Å². The van der Waals surface area contributed by atoms with Crippen LogP contribution in [0.1, 0.15) is 11.5 Å². The van der Waals surface area contributed by atoms with Gasteiger partial charge in [0.05, 0.1) is 23.5 Å². The maximum absolute atomic E-state index is 8.95. The molecule has 0 bridgehead atoms. The van der Waals surface area contributed by atoms with Gasteiger partial charge >= 0.3 is 0 Å². The van der Waals surface area contributed by atoms with E-state index < -0.39 is 5.92 Å². The number of para-hydroxylation sites is 1. The van der Waals surface area contributed by atoms with Crippen LogP contribution in [-0.2, 0) is 0 Å². The molecule has 4 heteroatoms. The van der Waals surface area contributed by atoms with Gasteiger partial charge in [0.25, 0.3) is 0 Å². The fourth-order valence-corrected chi connectivity index (χ4v) is 3.04. The minimum Gasteiger partial charge on any atom is -0.354 e. The van der Waals surface area contributed by atoms with Crippen molar-refractivity contribution in [3.05, 3.63) is 48.0 Å². The van der Waals surface area contributed by atoms with Gasteiger partial charge in [-0.25, -0.2) is 0 Å². The van der Waals surface area contributed by atoms with E-state index in [1.54, 1.807) is 11.8 Å². The van der Waals surface area contributed by atoms with Gasteiger partial charge in [-0.05, 0) is 29.8 Å². The average Bonchev–Trinajstić information content (AvgIpc) is 2.46. The lowest BCUT2D eigenvalue weighted by Gasteiger charge is -2.21. The predicted octanol–water partition coefficient (Wildman–Crippen LogP) is 4.03. The van der Waals surface area contributed by atoms with Gasteiger partial charge in [-0.1, -0.05) is 30.0 Å². The van der Waals surface area contributed by atoms with Crippen LogP contribution in [0.15, 0.2) is 52.3 Å². The van der Waals surface area contributed by atoms with Crippen LogP contribution in [0.3, 0.4) is 0 Å². The smallest absolute Gasteiger partial charge is 0.158 e. The van der Waals surface area contributed by atoms with E-state index >= 15 is 0 Å². The molecule has 3 rings (SSSR count). The lowest BCUT2D eigenvalue weighted by molar-refractivity contribution is 1.09. The topological polar surface area (TPSA) is 59.6 Å². The van der Waals surface area contributed by atoms with Gasteiger partial charge in [0.15, 0.2) is 5.92 Å². The Morgan fingerprint density at radius 1 is 0.947 bits per heavy atom. The van der Waals surface area contributed by atoms with Crippen LogP contribution in [0.25, 0.3) is 0 Å². The third-order valence-electron chi connectivity index (χ3n) is 2.97. The fourth-order valence-electron chi connectivity index (χ4n) is 2.01. The number of benzene rings is 2. The predicted molar refractivity (Wildman–Crippen MR) is 74.3 cm³/mol. The Hall–Kier alpha value is -2.43. The molecule has 0 amide bonds. The first-order valence-electron chi connectivity index (χ1n) is 5.79. The van der Waals surface area contributed by atoms with E-state index in [1.807, 2.05) is 48.5 Å². The zero-order valence-corrected chi connectivity index (χ0v) is 10.7. The maximum Gasteiger partial charge on any atom is 0.158 e. The fraction of sp³-hybridized carbons (Fsp3) is 0.0667. The molecular formula is C15H9N3S. The van der Waals surface area contributed by atoms with E-state index in [0.29, 0.717) is 0 Å². The molecule has 1 aliphatic heterocycles. The third kappa shape index (κ3) is 2.03. The number of fused-ring (bicyclic) bond motifs is 2. The van der Waals surface area contributed by atoms with Crippen molar-refractivity contribution in [3.63, 3.8) is 0 Å². The zero-order chi connectivity index (χ0) is 13.2. The van der Waals surface area contributed by atoms with Gasteiger partial charge in [0, 0.05) is 9.79 Å². The second kappa shape index (κ2) is 4.68. The zero-order valence-electron chi connectivity index (χ0n) is 9.92. The number of hydrogen-bond donors (Lipinski definition) is 1. The minimum absolute atomic E-state index is 0.705. The molecule has 2 aromatic rings. The summed E-state index contributed by atoms with van der Waals surface area (Å²) >= 11 is 1.65. The van der Waals surface area contributed by atoms with Crippen molar-refractivity contribution in [2.45, 2.75) is 15.7 Å². The SMILES string of the molecule is N#CC(C#N)c1ccc2c(c1)Sc1ccccc1N2. The van der Waals surface area contributed by atoms with E-state index in [1.165, 1.54) is 0 Å². The van der Waals surface area contributed by atoms with Crippen molar-refractivity contribution < 1.29 is 0 Å². The highest BCUT2D eigenvalue weighted by Gasteiger charge is 2.17. The molecule has 0 aliphatic carbocycles. The first kappa shape index (κ1) is 11.6. The van der Waals surface area contributed by atoms with Gasteiger partial charge in [0.2, 0.25) is 0 Å². The summed E-state index contributed by atoms with van der Waals surface area (Å²) in [6, 6.07) is 17.8. The Balaban J connectivity index is 2.02. The molecule has 0 spiro atoms. The Morgan fingerprint density at radius 3 is 2.47 bits per heavy atom. The second-order valence-corrected chi connectivity index (χ2v) is 5.25. The Labute approximate surface area is 115 Å². The van der Waals surface area contributed by atoms with Crippen molar-refractivity contribution in [3.8, 4) is 12.1 Å². The van der Waals surface area contributed by atoms with E-state index in [-0.39, 0.29) is 0 Å². The van der Waals surface area contributed by atoms with Crippen LogP contribution < -0.4 is 5.32 Å². The summed E-state index contributed by atoms with van der Waals surface area (Å²) in [5.74, 6) is -0.705. The van der Waals surface area contributed by atoms with Gasteiger partial charge in [0.1, 0.15) is 0 Å². The number of nitriles is 2. The van der Waals surface area contributed by atoms with Gasteiger partial charge in [-0.2, -0.15) is 10.5 Å². The van der Waals surface area contributed by atoms with E-state index in [9.17, 15) is 0 Å². The Morgan fingerprint density at radius 2 is 1.68 bits per heavy atom. The summed E-state index contributed by atoms with van der Waals surface area (Å²) in [7, 11) is 0. The van der Waals surface area contributed by atoms with Gasteiger partial charge < -0.3 is 5.32 Å². The average molecular weight is 263 g/mol. The minimum atomic E-state index is -0.705. The van der Waals surface area contributed by atoms with Crippen molar-refractivity contribution in [2.24, 2.45) is 0 Å². The van der Waals surface area contributed by atoms with E-state index in [4.69, 9.17) is 10.5 Å². The molecule has 0 saturated heterocycles. The molecule has 1 aliphatic rings. The molecule has 0 fully saturated rings. The molecule has 0 saturated carbocycles. The van der Waals surface area contributed by atoms with Crippen LogP contribution in [-0.4, -0.2) is 0 Å². The largest absolute Gasteiger partial charge is 0.354 e. The summed E-state index contributed by atoms with van der Waals surface area (Å²) in [6.45, 7) is 0.